The molecule has 6 heteroatoms. The number of carbonyl (C=O) groups excluding carboxylic acids is 1. The summed E-state index contributed by atoms with van der Waals surface area (Å²) in [7, 11) is 0. The van der Waals surface area contributed by atoms with Gasteiger partial charge in [-0.3, -0.25) is 9.59 Å². The average Bonchev–Trinajstić information content (AvgIpc) is 2.61. The Kier molecular flexibility index (Phi) is 4.48. The van der Waals surface area contributed by atoms with Gasteiger partial charge < -0.3 is 15.1 Å². The zero-order valence-electron chi connectivity index (χ0n) is 9.76. The molecular weight excluding hydrogens is 226 g/mol. The summed E-state index contributed by atoms with van der Waals surface area (Å²) in [4.78, 5) is 34.6. The maximum absolute atomic E-state index is 11.6. The Bertz CT molecular complexity index is 328. The van der Waals surface area contributed by atoms with Gasteiger partial charge in [0.05, 0.1) is 5.92 Å². The van der Waals surface area contributed by atoms with Gasteiger partial charge in [-0.1, -0.05) is 19.8 Å². The number of carboxylic acid groups (broad SMARTS) is 2. The molecule has 96 valence electrons. The Labute approximate surface area is 99.2 Å². The third-order valence-electron chi connectivity index (χ3n) is 3.00. The predicted molar refractivity (Wildman–Crippen MR) is 58.4 cm³/mol. The van der Waals surface area contributed by atoms with Gasteiger partial charge in [-0.15, -0.1) is 0 Å². The van der Waals surface area contributed by atoms with Crippen LogP contribution in [0, 0.1) is 5.92 Å². The van der Waals surface area contributed by atoms with Crippen molar-refractivity contribution < 1.29 is 24.6 Å². The SMILES string of the molecule is CCCC[C@@H](C(=O)O)N1CC(C(=O)O)CC1=O. The highest BCUT2D eigenvalue weighted by Crippen LogP contribution is 2.22. The van der Waals surface area contributed by atoms with E-state index in [2.05, 4.69) is 0 Å². The molecule has 0 aromatic rings. The number of carboxylic acids is 2. The van der Waals surface area contributed by atoms with Crippen LogP contribution in [0.2, 0.25) is 0 Å². The fraction of sp³-hybridized carbons (Fsp3) is 0.727. The molecule has 0 aromatic heterocycles. The number of unbranched alkanes of at least 4 members (excludes halogenated alkanes) is 1. The molecule has 0 aromatic carbocycles. The van der Waals surface area contributed by atoms with Gasteiger partial charge in [-0.25, -0.2) is 4.79 Å². The lowest BCUT2D eigenvalue weighted by Gasteiger charge is -2.24. The minimum absolute atomic E-state index is 0.00878. The third-order valence-corrected chi connectivity index (χ3v) is 3.00. The van der Waals surface area contributed by atoms with Crippen molar-refractivity contribution >= 4 is 17.8 Å². The van der Waals surface area contributed by atoms with Gasteiger partial charge >= 0.3 is 11.9 Å². The molecule has 0 bridgehead atoms. The van der Waals surface area contributed by atoms with Gasteiger partial charge in [0.1, 0.15) is 6.04 Å². The van der Waals surface area contributed by atoms with Crippen molar-refractivity contribution in [1.29, 1.82) is 0 Å². The van der Waals surface area contributed by atoms with E-state index in [0.717, 1.165) is 6.42 Å². The first-order valence-electron chi connectivity index (χ1n) is 5.72. The molecule has 1 amide bonds. The van der Waals surface area contributed by atoms with Crippen LogP contribution in [0.25, 0.3) is 0 Å². The Morgan fingerprint density at radius 1 is 1.47 bits per heavy atom. The first-order chi connectivity index (χ1) is 7.97. The minimum Gasteiger partial charge on any atom is -0.481 e. The first kappa shape index (κ1) is 13.5. The normalized spacial score (nSPS) is 21.6. The zero-order valence-corrected chi connectivity index (χ0v) is 9.76. The lowest BCUT2D eigenvalue weighted by atomic mass is 10.1. The number of aliphatic carboxylic acids is 2. The summed E-state index contributed by atoms with van der Waals surface area (Å²) in [5, 5.41) is 17.9. The van der Waals surface area contributed by atoms with Gasteiger partial charge in [0.25, 0.3) is 0 Å². The monoisotopic (exact) mass is 243 g/mol. The second kappa shape index (κ2) is 5.65. The van der Waals surface area contributed by atoms with E-state index in [-0.39, 0.29) is 18.9 Å². The summed E-state index contributed by atoms with van der Waals surface area (Å²) in [5.74, 6) is -3.25. The predicted octanol–water partition coefficient (Wildman–Crippen LogP) is 0.563. The van der Waals surface area contributed by atoms with Crippen LogP contribution < -0.4 is 0 Å². The van der Waals surface area contributed by atoms with E-state index in [1.807, 2.05) is 6.92 Å². The van der Waals surface area contributed by atoms with E-state index in [4.69, 9.17) is 10.2 Å². The Morgan fingerprint density at radius 2 is 2.12 bits per heavy atom. The van der Waals surface area contributed by atoms with Crippen LogP contribution in [0.5, 0.6) is 0 Å². The van der Waals surface area contributed by atoms with Crippen LogP contribution in [-0.4, -0.2) is 45.5 Å². The summed E-state index contributed by atoms with van der Waals surface area (Å²) in [6, 6.07) is -0.883. The Balaban J connectivity index is 2.71. The van der Waals surface area contributed by atoms with Crippen molar-refractivity contribution in [2.45, 2.75) is 38.6 Å². The van der Waals surface area contributed by atoms with Crippen molar-refractivity contribution in [3.05, 3.63) is 0 Å². The van der Waals surface area contributed by atoms with E-state index >= 15 is 0 Å². The summed E-state index contributed by atoms with van der Waals surface area (Å²) >= 11 is 0. The smallest absolute Gasteiger partial charge is 0.326 e. The third kappa shape index (κ3) is 3.18. The second-order valence-corrected chi connectivity index (χ2v) is 4.28. The molecule has 0 saturated carbocycles. The maximum atomic E-state index is 11.6. The van der Waals surface area contributed by atoms with E-state index in [1.54, 1.807) is 0 Å². The van der Waals surface area contributed by atoms with Crippen LogP contribution >= 0.6 is 0 Å². The molecule has 1 fully saturated rings. The number of hydrogen-bond donors (Lipinski definition) is 2. The summed E-state index contributed by atoms with van der Waals surface area (Å²) in [5.41, 5.74) is 0. The number of amides is 1. The highest BCUT2D eigenvalue weighted by Gasteiger charge is 2.40. The summed E-state index contributed by atoms with van der Waals surface area (Å²) in [6.45, 7) is 1.94. The highest BCUT2D eigenvalue weighted by atomic mass is 16.4. The fourth-order valence-electron chi connectivity index (χ4n) is 2.01. The van der Waals surface area contributed by atoms with Gasteiger partial charge in [0.2, 0.25) is 5.91 Å². The lowest BCUT2D eigenvalue weighted by Crippen LogP contribution is -2.42. The molecule has 0 radical (unpaired) electrons. The molecule has 1 unspecified atom stereocenters. The van der Waals surface area contributed by atoms with E-state index in [1.165, 1.54) is 4.90 Å². The number of hydrogen-bond acceptors (Lipinski definition) is 3. The molecule has 1 saturated heterocycles. The molecular formula is C11H17NO5. The highest BCUT2D eigenvalue weighted by molar-refractivity contribution is 5.89. The number of likely N-dealkylation sites (tertiary alicyclic amines) is 1. The summed E-state index contributed by atoms with van der Waals surface area (Å²) < 4.78 is 0. The number of nitrogens with zero attached hydrogens (tertiary/aromatic N) is 1. The van der Waals surface area contributed by atoms with Crippen LogP contribution in [0.4, 0.5) is 0 Å². The standard InChI is InChI=1S/C11H17NO5/c1-2-3-4-8(11(16)17)12-6-7(10(14)15)5-9(12)13/h7-8H,2-6H2,1H3,(H,14,15)(H,16,17)/t7?,8-/m0/s1. The van der Waals surface area contributed by atoms with Gasteiger partial charge in [-0.2, -0.15) is 0 Å². The van der Waals surface area contributed by atoms with Crippen molar-refractivity contribution in [2.75, 3.05) is 6.54 Å². The number of carbonyl (C=O) groups is 3. The van der Waals surface area contributed by atoms with Crippen molar-refractivity contribution in [3.8, 4) is 0 Å². The van der Waals surface area contributed by atoms with Crippen LogP contribution in [0.1, 0.15) is 32.6 Å². The molecule has 0 aliphatic carbocycles. The van der Waals surface area contributed by atoms with Crippen LogP contribution in [0.15, 0.2) is 0 Å². The fourth-order valence-corrected chi connectivity index (χ4v) is 2.01. The van der Waals surface area contributed by atoms with Gasteiger partial charge in [-0.05, 0) is 6.42 Å². The summed E-state index contributed by atoms with van der Waals surface area (Å²) in [6.07, 6.45) is 1.84. The molecule has 1 rings (SSSR count). The number of rotatable bonds is 6. The Hall–Kier alpha value is -1.59. The largest absolute Gasteiger partial charge is 0.481 e. The van der Waals surface area contributed by atoms with Crippen LogP contribution in [0.3, 0.4) is 0 Å². The van der Waals surface area contributed by atoms with E-state index in [9.17, 15) is 14.4 Å². The molecule has 2 N–H and O–H groups in total. The minimum atomic E-state index is -1.06. The van der Waals surface area contributed by atoms with Crippen LogP contribution in [-0.2, 0) is 14.4 Å². The van der Waals surface area contributed by atoms with E-state index < -0.39 is 23.9 Å². The Morgan fingerprint density at radius 3 is 2.53 bits per heavy atom. The quantitative estimate of drug-likeness (QED) is 0.710. The van der Waals surface area contributed by atoms with Crippen molar-refractivity contribution in [2.24, 2.45) is 5.92 Å². The molecule has 1 heterocycles. The molecule has 17 heavy (non-hydrogen) atoms. The molecule has 1 aliphatic rings. The topological polar surface area (TPSA) is 94.9 Å². The lowest BCUT2D eigenvalue weighted by molar-refractivity contribution is -0.148. The molecule has 0 spiro atoms. The maximum Gasteiger partial charge on any atom is 0.326 e. The van der Waals surface area contributed by atoms with Crippen molar-refractivity contribution in [3.63, 3.8) is 0 Å². The van der Waals surface area contributed by atoms with E-state index in [0.29, 0.717) is 12.8 Å². The zero-order chi connectivity index (χ0) is 13.0. The second-order valence-electron chi connectivity index (χ2n) is 4.28. The molecule has 6 nitrogen and oxygen atoms in total. The van der Waals surface area contributed by atoms with Crippen molar-refractivity contribution in [1.82, 2.24) is 4.90 Å². The molecule has 2 atom stereocenters. The van der Waals surface area contributed by atoms with Gasteiger partial charge in [0.15, 0.2) is 0 Å². The average molecular weight is 243 g/mol. The van der Waals surface area contributed by atoms with Gasteiger partial charge in [0, 0.05) is 13.0 Å². The molecule has 1 aliphatic heterocycles. The first-order valence-corrected chi connectivity index (χ1v) is 5.72.